The second-order valence-electron chi connectivity index (χ2n) is 5.79. The molecule has 0 amide bonds. The Balaban J connectivity index is 1.76. The van der Waals surface area contributed by atoms with Crippen molar-refractivity contribution >= 4 is 5.97 Å². The van der Waals surface area contributed by atoms with Crippen LogP contribution in [-0.2, 0) is 12.8 Å². The van der Waals surface area contributed by atoms with Crippen LogP contribution in [0.3, 0.4) is 0 Å². The molecule has 0 aliphatic heterocycles. The van der Waals surface area contributed by atoms with Gasteiger partial charge in [-0.2, -0.15) is 0 Å². The quantitative estimate of drug-likeness (QED) is 0.700. The second kappa shape index (κ2) is 8.34. The molecule has 0 radical (unpaired) electrons. The van der Waals surface area contributed by atoms with Crippen molar-refractivity contribution in [2.24, 2.45) is 0 Å². The monoisotopic (exact) mass is 313 g/mol. The second-order valence-corrected chi connectivity index (χ2v) is 5.79. The fourth-order valence-corrected chi connectivity index (χ4v) is 2.50. The SMILES string of the molecule is CC(CCc1ccccc1)NCCc1ccc(O)c(C(=O)O)c1. The highest BCUT2D eigenvalue weighted by molar-refractivity contribution is 5.90. The third-order valence-electron chi connectivity index (χ3n) is 3.91. The number of aromatic carboxylic acids is 1. The van der Waals surface area contributed by atoms with Gasteiger partial charge in [0.1, 0.15) is 11.3 Å². The standard InChI is InChI=1S/C19H23NO3/c1-14(7-8-15-5-3-2-4-6-15)20-12-11-16-9-10-18(21)17(13-16)19(22)23/h2-6,9-10,13-14,20-21H,7-8,11-12H2,1H3,(H,22,23). The summed E-state index contributed by atoms with van der Waals surface area (Å²) >= 11 is 0. The van der Waals surface area contributed by atoms with Crippen LogP contribution in [-0.4, -0.2) is 28.8 Å². The summed E-state index contributed by atoms with van der Waals surface area (Å²) in [6.07, 6.45) is 2.83. The molecular weight excluding hydrogens is 290 g/mol. The highest BCUT2D eigenvalue weighted by Crippen LogP contribution is 2.18. The van der Waals surface area contributed by atoms with Crippen molar-refractivity contribution in [3.8, 4) is 5.75 Å². The number of carboxylic acids is 1. The predicted molar refractivity (Wildman–Crippen MR) is 91.0 cm³/mol. The van der Waals surface area contributed by atoms with Gasteiger partial charge in [-0.15, -0.1) is 0 Å². The van der Waals surface area contributed by atoms with E-state index in [1.807, 2.05) is 6.07 Å². The first-order chi connectivity index (χ1) is 11.1. The van der Waals surface area contributed by atoms with Gasteiger partial charge in [0, 0.05) is 6.04 Å². The minimum Gasteiger partial charge on any atom is -0.507 e. The van der Waals surface area contributed by atoms with Gasteiger partial charge in [-0.1, -0.05) is 36.4 Å². The van der Waals surface area contributed by atoms with Crippen molar-refractivity contribution < 1.29 is 15.0 Å². The maximum atomic E-state index is 11.0. The third-order valence-corrected chi connectivity index (χ3v) is 3.91. The lowest BCUT2D eigenvalue weighted by molar-refractivity contribution is 0.0693. The van der Waals surface area contributed by atoms with Crippen LogP contribution >= 0.6 is 0 Å². The Kier molecular flexibility index (Phi) is 6.18. The van der Waals surface area contributed by atoms with Crippen LogP contribution in [0.4, 0.5) is 0 Å². The Hall–Kier alpha value is -2.33. The largest absolute Gasteiger partial charge is 0.507 e. The summed E-state index contributed by atoms with van der Waals surface area (Å²) in [5, 5.41) is 22.0. The van der Waals surface area contributed by atoms with E-state index >= 15 is 0 Å². The Morgan fingerprint density at radius 1 is 1.09 bits per heavy atom. The van der Waals surface area contributed by atoms with E-state index in [1.54, 1.807) is 6.07 Å². The molecule has 4 heteroatoms. The van der Waals surface area contributed by atoms with Crippen molar-refractivity contribution in [1.82, 2.24) is 5.32 Å². The Morgan fingerprint density at radius 3 is 2.52 bits per heavy atom. The van der Waals surface area contributed by atoms with Gasteiger partial charge in [-0.3, -0.25) is 0 Å². The molecule has 0 heterocycles. The van der Waals surface area contributed by atoms with Crippen molar-refractivity contribution in [3.63, 3.8) is 0 Å². The summed E-state index contributed by atoms with van der Waals surface area (Å²) in [7, 11) is 0. The lowest BCUT2D eigenvalue weighted by Crippen LogP contribution is -2.28. The molecule has 0 aromatic heterocycles. The highest BCUT2D eigenvalue weighted by atomic mass is 16.4. The topological polar surface area (TPSA) is 69.6 Å². The van der Waals surface area contributed by atoms with Gasteiger partial charge >= 0.3 is 5.97 Å². The normalized spacial score (nSPS) is 12.0. The average Bonchev–Trinajstić information content (AvgIpc) is 2.55. The van der Waals surface area contributed by atoms with Gasteiger partial charge in [0.25, 0.3) is 0 Å². The molecule has 2 rings (SSSR count). The number of hydrogen-bond acceptors (Lipinski definition) is 3. The van der Waals surface area contributed by atoms with Gasteiger partial charge in [0.2, 0.25) is 0 Å². The summed E-state index contributed by atoms with van der Waals surface area (Å²) in [6.45, 7) is 2.93. The van der Waals surface area contributed by atoms with Crippen LogP contribution in [0, 0.1) is 0 Å². The van der Waals surface area contributed by atoms with Crippen LogP contribution in [0.15, 0.2) is 48.5 Å². The summed E-state index contributed by atoms with van der Waals surface area (Å²) in [4.78, 5) is 11.0. The molecule has 0 aliphatic rings. The summed E-state index contributed by atoms with van der Waals surface area (Å²) < 4.78 is 0. The lowest BCUT2D eigenvalue weighted by atomic mass is 10.1. The Morgan fingerprint density at radius 2 is 1.83 bits per heavy atom. The molecule has 0 spiro atoms. The molecule has 23 heavy (non-hydrogen) atoms. The number of carbonyl (C=O) groups is 1. The molecule has 2 aromatic rings. The van der Waals surface area contributed by atoms with Crippen LogP contribution < -0.4 is 5.32 Å². The van der Waals surface area contributed by atoms with E-state index in [0.29, 0.717) is 6.04 Å². The van der Waals surface area contributed by atoms with E-state index in [1.165, 1.54) is 17.7 Å². The number of benzene rings is 2. The van der Waals surface area contributed by atoms with Gasteiger partial charge < -0.3 is 15.5 Å². The fourth-order valence-electron chi connectivity index (χ4n) is 2.50. The number of hydrogen-bond donors (Lipinski definition) is 3. The molecule has 0 saturated heterocycles. The molecule has 0 aliphatic carbocycles. The Bertz CT molecular complexity index is 640. The number of nitrogens with one attached hydrogen (secondary N) is 1. The first-order valence-corrected chi connectivity index (χ1v) is 7.88. The van der Waals surface area contributed by atoms with E-state index in [-0.39, 0.29) is 11.3 Å². The molecule has 0 bridgehead atoms. The van der Waals surface area contributed by atoms with E-state index in [4.69, 9.17) is 5.11 Å². The van der Waals surface area contributed by atoms with E-state index in [0.717, 1.165) is 31.4 Å². The van der Waals surface area contributed by atoms with Crippen molar-refractivity contribution in [2.75, 3.05) is 6.54 Å². The maximum Gasteiger partial charge on any atom is 0.339 e. The van der Waals surface area contributed by atoms with Crippen molar-refractivity contribution in [1.29, 1.82) is 0 Å². The van der Waals surface area contributed by atoms with Crippen molar-refractivity contribution in [2.45, 2.75) is 32.2 Å². The molecule has 4 nitrogen and oxygen atoms in total. The molecule has 2 aromatic carbocycles. The van der Waals surface area contributed by atoms with Crippen LogP contribution in [0.25, 0.3) is 0 Å². The molecule has 1 unspecified atom stereocenters. The smallest absolute Gasteiger partial charge is 0.339 e. The summed E-state index contributed by atoms with van der Waals surface area (Å²) in [5.74, 6) is -1.29. The molecule has 3 N–H and O–H groups in total. The fraction of sp³-hybridized carbons (Fsp3) is 0.316. The van der Waals surface area contributed by atoms with Crippen LogP contribution in [0.5, 0.6) is 5.75 Å². The number of carboxylic acid groups (broad SMARTS) is 1. The zero-order valence-electron chi connectivity index (χ0n) is 13.3. The van der Waals surface area contributed by atoms with Crippen LogP contribution in [0.2, 0.25) is 0 Å². The lowest BCUT2D eigenvalue weighted by Gasteiger charge is -2.14. The van der Waals surface area contributed by atoms with E-state index < -0.39 is 5.97 Å². The molecule has 1 atom stereocenters. The van der Waals surface area contributed by atoms with Gasteiger partial charge in [-0.05, 0) is 56.0 Å². The number of phenols is 1. The minimum atomic E-state index is -1.10. The van der Waals surface area contributed by atoms with Crippen LogP contribution in [0.1, 0.15) is 34.8 Å². The summed E-state index contributed by atoms with van der Waals surface area (Å²) in [5.41, 5.74) is 2.20. The highest BCUT2D eigenvalue weighted by Gasteiger charge is 2.10. The maximum absolute atomic E-state index is 11.0. The van der Waals surface area contributed by atoms with Gasteiger partial charge in [0.15, 0.2) is 0 Å². The number of aromatic hydroxyl groups is 1. The van der Waals surface area contributed by atoms with Gasteiger partial charge in [0.05, 0.1) is 0 Å². The predicted octanol–water partition coefficient (Wildman–Crippen LogP) is 3.24. The number of aryl methyl sites for hydroxylation is 1. The molecular formula is C19H23NO3. The van der Waals surface area contributed by atoms with E-state index in [9.17, 15) is 9.90 Å². The molecule has 122 valence electrons. The van der Waals surface area contributed by atoms with Crippen molar-refractivity contribution in [3.05, 3.63) is 65.2 Å². The third kappa shape index (κ3) is 5.42. The molecule has 0 saturated carbocycles. The van der Waals surface area contributed by atoms with Gasteiger partial charge in [-0.25, -0.2) is 4.79 Å². The zero-order chi connectivity index (χ0) is 16.7. The minimum absolute atomic E-state index is 0.0420. The average molecular weight is 313 g/mol. The zero-order valence-corrected chi connectivity index (χ0v) is 13.3. The first-order valence-electron chi connectivity index (χ1n) is 7.88. The Labute approximate surface area is 136 Å². The first kappa shape index (κ1) is 17.0. The molecule has 0 fully saturated rings. The number of rotatable bonds is 8. The summed E-state index contributed by atoms with van der Waals surface area (Å²) in [6, 6.07) is 15.5. The van der Waals surface area contributed by atoms with E-state index in [2.05, 4.69) is 36.5 Å².